The highest BCUT2D eigenvalue weighted by atomic mass is 16.5. The molecule has 2 aromatic rings. The minimum atomic E-state index is -1.000. The molecule has 4 rings (SSSR count). The zero-order valence-electron chi connectivity index (χ0n) is 14.4. The fraction of sp³-hybridized carbons (Fsp3) is 0.350. The average Bonchev–Trinajstić information content (AvgIpc) is 2.67. The van der Waals surface area contributed by atoms with Crippen LogP contribution in [0.3, 0.4) is 0 Å². The Morgan fingerprint density at radius 1 is 1.04 bits per heavy atom. The van der Waals surface area contributed by atoms with Crippen molar-refractivity contribution < 1.29 is 24.5 Å². The molecule has 1 aliphatic carbocycles. The summed E-state index contributed by atoms with van der Waals surface area (Å²) in [7, 11) is 1.34. The van der Waals surface area contributed by atoms with E-state index in [-0.39, 0.29) is 12.4 Å². The van der Waals surface area contributed by atoms with Crippen LogP contribution < -0.4 is 9.64 Å². The molecule has 2 N–H and O–H groups in total. The third-order valence-electron chi connectivity index (χ3n) is 5.18. The number of carbonyl (C=O) groups excluding carboxylic acids is 1. The summed E-state index contributed by atoms with van der Waals surface area (Å²) < 4.78 is 10.9. The van der Waals surface area contributed by atoms with E-state index in [4.69, 9.17) is 9.47 Å². The van der Waals surface area contributed by atoms with E-state index < -0.39 is 24.2 Å². The van der Waals surface area contributed by atoms with E-state index in [1.54, 1.807) is 0 Å². The number of aliphatic hydroxyl groups is 2. The number of aliphatic hydroxyl groups excluding tert-OH is 2. The summed E-state index contributed by atoms with van der Waals surface area (Å²) in [5, 5.41) is 21.1. The zero-order valence-corrected chi connectivity index (χ0v) is 14.4. The number of ether oxygens (including phenoxy) is 2. The maximum atomic E-state index is 12.1. The van der Waals surface area contributed by atoms with E-state index in [1.807, 2.05) is 53.4 Å². The number of rotatable bonds is 2. The third kappa shape index (κ3) is 2.71. The van der Waals surface area contributed by atoms with Crippen molar-refractivity contribution in [3.8, 4) is 11.5 Å². The van der Waals surface area contributed by atoms with Crippen molar-refractivity contribution in [2.75, 3.05) is 12.0 Å². The zero-order chi connectivity index (χ0) is 18.3. The first-order valence-corrected chi connectivity index (χ1v) is 8.69. The summed E-state index contributed by atoms with van der Waals surface area (Å²) in [5.41, 5.74) is 1.60. The van der Waals surface area contributed by atoms with E-state index in [1.165, 1.54) is 7.11 Å². The lowest BCUT2D eigenvalue weighted by atomic mass is 9.80. The van der Waals surface area contributed by atoms with Gasteiger partial charge in [0.1, 0.15) is 6.10 Å². The number of hydrogen-bond donors (Lipinski definition) is 2. The lowest BCUT2D eigenvalue weighted by molar-refractivity contribution is -0.150. The van der Waals surface area contributed by atoms with Gasteiger partial charge >= 0.3 is 5.97 Å². The van der Waals surface area contributed by atoms with Gasteiger partial charge in [-0.1, -0.05) is 24.3 Å². The average molecular weight is 355 g/mol. The largest absolute Gasteiger partial charge is 0.469 e. The van der Waals surface area contributed by atoms with Crippen LogP contribution in [0.25, 0.3) is 0 Å². The van der Waals surface area contributed by atoms with E-state index in [2.05, 4.69) is 0 Å². The monoisotopic (exact) mass is 355 g/mol. The summed E-state index contributed by atoms with van der Waals surface area (Å²) in [4.78, 5) is 14.0. The van der Waals surface area contributed by atoms with Crippen LogP contribution in [0.5, 0.6) is 11.5 Å². The van der Waals surface area contributed by atoms with Gasteiger partial charge in [0.25, 0.3) is 0 Å². The Hall–Kier alpha value is -2.57. The molecule has 0 spiro atoms. The van der Waals surface area contributed by atoms with Crippen molar-refractivity contribution in [2.45, 2.75) is 31.1 Å². The molecule has 0 amide bonds. The Kier molecular flexibility index (Phi) is 4.30. The van der Waals surface area contributed by atoms with Crippen LogP contribution in [0.2, 0.25) is 0 Å². The number of nitrogens with zero attached hydrogens (tertiary/aromatic N) is 1. The minimum Gasteiger partial charge on any atom is -0.469 e. The van der Waals surface area contributed by atoms with Gasteiger partial charge in [0.05, 0.1) is 36.5 Å². The van der Waals surface area contributed by atoms with Gasteiger partial charge in [0, 0.05) is 0 Å². The molecule has 136 valence electrons. The van der Waals surface area contributed by atoms with E-state index in [0.717, 1.165) is 11.4 Å². The van der Waals surface area contributed by atoms with Crippen molar-refractivity contribution in [3.05, 3.63) is 48.5 Å². The molecule has 0 saturated heterocycles. The highest BCUT2D eigenvalue weighted by Gasteiger charge is 2.44. The van der Waals surface area contributed by atoms with Gasteiger partial charge < -0.3 is 24.6 Å². The molecule has 2 aromatic carbocycles. The molecule has 0 radical (unpaired) electrons. The summed E-state index contributed by atoms with van der Waals surface area (Å²) in [6.45, 7) is 0. The molecule has 0 aromatic heterocycles. The van der Waals surface area contributed by atoms with Gasteiger partial charge in [0.15, 0.2) is 11.5 Å². The molecule has 1 aliphatic heterocycles. The molecule has 6 nitrogen and oxygen atoms in total. The molecule has 1 heterocycles. The number of benzene rings is 2. The van der Waals surface area contributed by atoms with Crippen LogP contribution in [0.4, 0.5) is 11.4 Å². The second kappa shape index (κ2) is 6.63. The van der Waals surface area contributed by atoms with Crippen LogP contribution in [-0.4, -0.2) is 41.5 Å². The van der Waals surface area contributed by atoms with Gasteiger partial charge in [-0.25, -0.2) is 0 Å². The number of anilines is 2. The molecular formula is C20H21NO5. The summed E-state index contributed by atoms with van der Waals surface area (Å²) in [6.07, 6.45) is -1.42. The Bertz CT molecular complexity index is 778. The molecule has 4 atom stereocenters. The SMILES string of the molecule is COC(=O)[C@@H]1C[C@H](O)[C@@H](O)[C@@H](N2c3ccccc3Oc3ccccc32)C1. The van der Waals surface area contributed by atoms with Crippen molar-refractivity contribution in [3.63, 3.8) is 0 Å². The molecular weight excluding hydrogens is 334 g/mol. The molecule has 0 bridgehead atoms. The van der Waals surface area contributed by atoms with E-state index >= 15 is 0 Å². The Balaban J connectivity index is 1.79. The van der Waals surface area contributed by atoms with Crippen molar-refractivity contribution in [2.24, 2.45) is 5.92 Å². The van der Waals surface area contributed by atoms with E-state index in [9.17, 15) is 15.0 Å². The van der Waals surface area contributed by atoms with Gasteiger partial charge in [-0.15, -0.1) is 0 Å². The number of methoxy groups -OCH3 is 1. The summed E-state index contributed by atoms with van der Waals surface area (Å²) >= 11 is 0. The van der Waals surface area contributed by atoms with Gasteiger partial charge in [-0.3, -0.25) is 4.79 Å². The van der Waals surface area contributed by atoms with Crippen LogP contribution >= 0.6 is 0 Å². The van der Waals surface area contributed by atoms with Gasteiger partial charge in [-0.05, 0) is 37.1 Å². The lowest BCUT2D eigenvalue weighted by Gasteiger charge is -2.45. The van der Waals surface area contributed by atoms with Crippen LogP contribution in [0.1, 0.15) is 12.8 Å². The molecule has 0 unspecified atom stereocenters. The summed E-state index contributed by atoms with van der Waals surface area (Å²) in [5.74, 6) is 0.516. The van der Waals surface area contributed by atoms with Crippen molar-refractivity contribution in [1.82, 2.24) is 0 Å². The number of para-hydroxylation sites is 4. The lowest BCUT2D eigenvalue weighted by Crippen LogP contribution is -2.53. The number of carbonyl (C=O) groups is 1. The molecule has 6 heteroatoms. The van der Waals surface area contributed by atoms with Crippen LogP contribution in [0, 0.1) is 5.92 Å². The molecule has 1 saturated carbocycles. The number of hydrogen-bond acceptors (Lipinski definition) is 6. The van der Waals surface area contributed by atoms with Gasteiger partial charge in [0.2, 0.25) is 0 Å². The second-order valence-corrected chi connectivity index (χ2v) is 6.72. The van der Waals surface area contributed by atoms with Crippen LogP contribution in [0.15, 0.2) is 48.5 Å². The summed E-state index contributed by atoms with van der Waals surface area (Å²) in [6, 6.07) is 14.6. The second-order valence-electron chi connectivity index (χ2n) is 6.72. The number of fused-ring (bicyclic) bond motifs is 2. The fourth-order valence-corrected chi connectivity index (χ4v) is 3.92. The van der Waals surface area contributed by atoms with Crippen molar-refractivity contribution >= 4 is 17.3 Å². The predicted molar refractivity (Wildman–Crippen MR) is 95.6 cm³/mol. The number of esters is 1. The molecule has 1 fully saturated rings. The van der Waals surface area contributed by atoms with Gasteiger partial charge in [-0.2, -0.15) is 0 Å². The van der Waals surface area contributed by atoms with Crippen molar-refractivity contribution in [1.29, 1.82) is 0 Å². The highest BCUT2D eigenvalue weighted by Crippen LogP contribution is 2.49. The third-order valence-corrected chi connectivity index (χ3v) is 5.18. The Morgan fingerprint density at radius 3 is 2.19 bits per heavy atom. The smallest absolute Gasteiger partial charge is 0.308 e. The topological polar surface area (TPSA) is 79.2 Å². The quantitative estimate of drug-likeness (QED) is 0.806. The first kappa shape index (κ1) is 16.9. The Morgan fingerprint density at radius 2 is 1.62 bits per heavy atom. The van der Waals surface area contributed by atoms with Crippen LogP contribution in [-0.2, 0) is 9.53 Å². The minimum absolute atomic E-state index is 0.192. The maximum absolute atomic E-state index is 12.1. The molecule has 26 heavy (non-hydrogen) atoms. The fourth-order valence-electron chi connectivity index (χ4n) is 3.92. The first-order valence-electron chi connectivity index (χ1n) is 8.69. The maximum Gasteiger partial charge on any atom is 0.308 e. The highest BCUT2D eigenvalue weighted by molar-refractivity contribution is 5.79. The van der Waals surface area contributed by atoms with E-state index in [0.29, 0.717) is 17.9 Å². The standard InChI is InChI=1S/C20H21NO5/c1-25-20(24)12-10-15(19(23)16(22)11-12)21-13-6-2-4-8-17(13)26-18-9-5-3-7-14(18)21/h2-9,12,15-16,19,22-23H,10-11H2,1H3/t12-,15-,16-,19-/m0/s1. The molecule has 2 aliphatic rings. The predicted octanol–water partition coefficient (Wildman–Crippen LogP) is 2.60. The Labute approximate surface area is 151 Å². The normalized spacial score (nSPS) is 27.1. The first-order chi connectivity index (χ1) is 12.6.